The van der Waals surface area contributed by atoms with Crippen LogP contribution in [-0.4, -0.2) is 50.5 Å². The maximum Gasteiger partial charge on any atom is 0.274 e. The second kappa shape index (κ2) is 8.78. The van der Waals surface area contributed by atoms with Crippen LogP contribution in [0.1, 0.15) is 0 Å². The molecule has 0 bridgehead atoms. The smallest absolute Gasteiger partial charge is 0.274 e. The standard InChI is InChI=1S/C22H24ClN3O2/c23-20-8-9-21(19-6-2-1-5-18(19)20)28-16-17(27)15-25-11-13-26(14-12-25)22-7-3-4-10-24-22/h1-10,17,27H,11-16H2/p+2/t17-/m1/s1. The number of benzene rings is 2. The van der Waals surface area contributed by atoms with Crippen LogP contribution >= 0.6 is 11.6 Å². The second-order valence-corrected chi connectivity index (χ2v) is 7.65. The number of hydrogen-bond donors (Lipinski definition) is 2. The van der Waals surface area contributed by atoms with E-state index in [-0.39, 0.29) is 6.61 Å². The number of fused-ring (bicyclic) bond motifs is 1. The van der Waals surface area contributed by atoms with E-state index in [1.807, 2.05) is 54.7 Å². The van der Waals surface area contributed by atoms with E-state index in [2.05, 4.69) is 16.0 Å². The maximum atomic E-state index is 10.5. The Labute approximate surface area is 170 Å². The van der Waals surface area contributed by atoms with Gasteiger partial charge in [-0.1, -0.05) is 41.9 Å². The summed E-state index contributed by atoms with van der Waals surface area (Å²) >= 11 is 6.26. The van der Waals surface area contributed by atoms with E-state index in [0.29, 0.717) is 11.6 Å². The first kappa shape index (κ1) is 19.0. The first-order chi connectivity index (χ1) is 13.7. The number of pyridine rings is 1. The SMILES string of the molecule is O[C@@H](COc1ccc(Cl)c2ccccc12)C[NH+]1CCN(c2cccc[nH+]2)CC1. The molecule has 1 aliphatic heterocycles. The third-order valence-electron chi connectivity index (χ3n) is 5.29. The quantitative estimate of drug-likeness (QED) is 0.659. The number of rotatable bonds is 6. The van der Waals surface area contributed by atoms with Gasteiger partial charge < -0.3 is 14.7 Å². The summed E-state index contributed by atoms with van der Waals surface area (Å²) in [6, 6.07) is 17.8. The van der Waals surface area contributed by atoms with Gasteiger partial charge >= 0.3 is 0 Å². The summed E-state index contributed by atoms with van der Waals surface area (Å²) in [5.41, 5.74) is 0. The van der Waals surface area contributed by atoms with Gasteiger partial charge in [0.1, 0.15) is 51.2 Å². The lowest BCUT2D eigenvalue weighted by molar-refractivity contribution is -0.903. The van der Waals surface area contributed by atoms with Crippen LogP contribution in [0.15, 0.2) is 60.8 Å². The number of halogens is 1. The molecule has 5 nitrogen and oxygen atoms in total. The average molecular weight is 400 g/mol. The Morgan fingerprint density at radius 2 is 1.79 bits per heavy atom. The molecule has 1 fully saturated rings. The fraction of sp³-hybridized carbons (Fsp3) is 0.318. The van der Waals surface area contributed by atoms with Crippen molar-refractivity contribution in [2.45, 2.75) is 6.10 Å². The molecule has 0 spiro atoms. The van der Waals surface area contributed by atoms with Gasteiger partial charge in [0, 0.05) is 21.9 Å². The number of ether oxygens (including phenoxy) is 1. The van der Waals surface area contributed by atoms with Crippen molar-refractivity contribution < 1.29 is 19.7 Å². The van der Waals surface area contributed by atoms with Crippen molar-refractivity contribution in [3.05, 3.63) is 65.8 Å². The summed E-state index contributed by atoms with van der Waals surface area (Å²) in [6.07, 6.45) is 1.45. The molecule has 2 heterocycles. The van der Waals surface area contributed by atoms with E-state index >= 15 is 0 Å². The van der Waals surface area contributed by atoms with E-state index in [9.17, 15) is 5.11 Å². The summed E-state index contributed by atoms with van der Waals surface area (Å²) in [4.78, 5) is 7.05. The minimum atomic E-state index is -0.501. The van der Waals surface area contributed by atoms with Crippen molar-refractivity contribution in [3.63, 3.8) is 0 Å². The first-order valence-corrected chi connectivity index (χ1v) is 10.1. The molecule has 0 amide bonds. The number of nitrogens with zero attached hydrogens (tertiary/aromatic N) is 1. The minimum Gasteiger partial charge on any atom is -0.490 e. The number of nitrogens with one attached hydrogen (secondary N) is 2. The molecule has 0 aliphatic carbocycles. The van der Waals surface area contributed by atoms with Gasteiger partial charge in [-0.2, -0.15) is 0 Å². The largest absolute Gasteiger partial charge is 0.490 e. The Hall–Kier alpha value is -2.34. The van der Waals surface area contributed by atoms with Crippen LogP contribution < -0.4 is 19.5 Å². The number of aromatic nitrogens is 1. The van der Waals surface area contributed by atoms with Crippen molar-refractivity contribution in [3.8, 4) is 5.75 Å². The van der Waals surface area contributed by atoms with E-state index in [1.165, 1.54) is 4.90 Å². The van der Waals surface area contributed by atoms with Gasteiger partial charge in [-0.25, -0.2) is 4.98 Å². The normalized spacial score (nSPS) is 16.3. The number of aromatic amines is 1. The summed E-state index contributed by atoms with van der Waals surface area (Å²) < 4.78 is 5.93. The van der Waals surface area contributed by atoms with Crippen molar-refractivity contribution in [2.75, 3.05) is 44.2 Å². The van der Waals surface area contributed by atoms with Crippen molar-refractivity contribution in [1.29, 1.82) is 0 Å². The number of H-pyrrole nitrogens is 1. The van der Waals surface area contributed by atoms with E-state index in [1.54, 1.807) is 0 Å². The van der Waals surface area contributed by atoms with E-state index in [4.69, 9.17) is 16.3 Å². The third kappa shape index (κ3) is 4.38. The molecule has 3 N–H and O–H groups in total. The lowest BCUT2D eigenvalue weighted by Gasteiger charge is -2.29. The molecule has 1 aliphatic rings. The number of piperazine rings is 1. The van der Waals surface area contributed by atoms with Crippen LogP contribution in [0.3, 0.4) is 0 Å². The topological polar surface area (TPSA) is 51.3 Å². The Balaban J connectivity index is 1.29. The molecule has 1 saturated heterocycles. The average Bonchev–Trinajstić information content (AvgIpc) is 2.75. The Bertz CT molecular complexity index is 914. The minimum absolute atomic E-state index is 0.283. The molecule has 4 rings (SSSR count). The number of hydrogen-bond acceptors (Lipinski definition) is 3. The van der Waals surface area contributed by atoms with Crippen molar-refractivity contribution in [2.24, 2.45) is 0 Å². The van der Waals surface area contributed by atoms with E-state index < -0.39 is 6.10 Å². The molecule has 0 unspecified atom stereocenters. The Morgan fingerprint density at radius 1 is 1.04 bits per heavy atom. The van der Waals surface area contributed by atoms with Crippen LogP contribution in [0.5, 0.6) is 5.75 Å². The zero-order valence-electron chi connectivity index (χ0n) is 15.8. The zero-order valence-corrected chi connectivity index (χ0v) is 16.5. The molecule has 6 heteroatoms. The van der Waals surface area contributed by atoms with Gasteiger partial charge in [0.25, 0.3) is 5.82 Å². The van der Waals surface area contributed by atoms with E-state index in [0.717, 1.165) is 48.5 Å². The van der Waals surface area contributed by atoms with Crippen molar-refractivity contribution >= 4 is 28.2 Å². The van der Waals surface area contributed by atoms with Crippen LogP contribution in [0.4, 0.5) is 5.82 Å². The molecule has 3 aromatic rings. The van der Waals surface area contributed by atoms with Crippen LogP contribution in [0.25, 0.3) is 10.8 Å². The summed E-state index contributed by atoms with van der Waals surface area (Å²) in [5.74, 6) is 1.92. The molecular formula is C22H26ClN3O2+2. The number of quaternary nitrogens is 1. The number of anilines is 1. The molecular weight excluding hydrogens is 374 g/mol. The molecule has 0 saturated carbocycles. The summed E-state index contributed by atoms with van der Waals surface area (Å²) in [5, 5.41) is 13.1. The fourth-order valence-electron chi connectivity index (χ4n) is 3.79. The van der Waals surface area contributed by atoms with Crippen LogP contribution in [-0.2, 0) is 0 Å². The summed E-state index contributed by atoms with van der Waals surface area (Å²) in [7, 11) is 0. The molecule has 146 valence electrons. The van der Waals surface area contributed by atoms with Gasteiger partial charge in [0.05, 0.1) is 6.20 Å². The van der Waals surface area contributed by atoms with Crippen LogP contribution in [0, 0.1) is 0 Å². The third-order valence-corrected chi connectivity index (χ3v) is 5.62. The lowest BCUT2D eigenvalue weighted by Crippen LogP contribution is -3.16. The van der Waals surface area contributed by atoms with Gasteiger partial charge in [0.15, 0.2) is 0 Å². The molecule has 2 aromatic carbocycles. The molecule has 0 radical (unpaired) electrons. The Morgan fingerprint density at radius 3 is 2.54 bits per heavy atom. The fourth-order valence-corrected chi connectivity index (χ4v) is 4.01. The highest BCUT2D eigenvalue weighted by atomic mass is 35.5. The molecule has 28 heavy (non-hydrogen) atoms. The highest BCUT2D eigenvalue weighted by molar-refractivity contribution is 6.35. The first-order valence-electron chi connectivity index (χ1n) is 9.74. The van der Waals surface area contributed by atoms with Gasteiger partial charge in [-0.15, -0.1) is 0 Å². The maximum absolute atomic E-state index is 10.5. The highest BCUT2D eigenvalue weighted by Crippen LogP contribution is 2.31. The number of aliphatic hydroxyl groups excluding tert-OH is 1. The zero-order chi connectivity index (χ0) is 19.3. The van der Waals surface area contributed by atoms with Gasteiger partial charge in [-0.3, -0.25) is 4.90 Å². The van der Waals surface area contributed by atoms with Crippen molar-refractivity contribution in [1.82, 2.24) is 0 Å². The second-order valence-electron chi connectivity index (χ2n) is 7.24. The predicted molar refractivity (Wildman–Crippen MR) is 111 cm³/mol. The molecule has 1 atom stereocenters. The summed E-state index contributed by atoms with van der Waals surface area (Å²) in [6.45, 7) is 4.94. The predicted octanol–water partition coefficient (Wildman–Crippen LogP) is 1.45. The lowest BCUT2D eigenvalue weighted by atomic mass is 10.1. The van der Waals surface area contributed by atoms with Crippen LogP contribution in [0.2, 0.25) is 5.02 Å². The molecule has 1 aromatic heterocycles. The highest BCUT2D eigenvalue weighted by Gasteiger charge is 2.27. The Kier molecular flexibility index (Phi) is 5.95. The number of aliphatic hydroxyl groups is 1. The monoisotopic (exact) mass is 399 g/mol. The van der Waals surface area contributed by atoms with Gasteiger partial charge in [-0.05, 0) is 18.2 Å². The van der Waals surface area contributed by atoms with Gasteiger partial charge in [0.2, 0.25) is 0 Å².